The molecule has 6 atom stereocenters. The summed E-state index contributed by atoms with van der Waals surface area (Å²) >= 11 is 0. The van der Waals surface area contributed by atoms with Gasteiger partial charge in [-0.1, -0.05) is 113 Å². The SMILES string of the molecule is CCCC(CC)C(CCC)C(C)C.CCCCCC1CCC2CC(C)CC2C1. The van der Waals surface area contributed by atoms with Crippen molar-refractivity contribution in [2.75, 3.05) is 0 Å². The number of unbranched alkanes of at least 4 members (excludes halogenated alkanes) is 2. The Bertz CT molecular complexity index is 355. The molecule has 168 valence electrons. The molecule has 0 saturated heterocycles. The average Bonchev–Trinajstić information content (AvgIpc) is 3.04. The van der Waals surface area contributed by atoms with Gasteiger partial charge in [0.2, 0.25) is 0 Å². The van der Waals surface area contributed by atoms with Gasteiger partial charge in [0, 0.05) is 0 Å². The van der Waals surface area contributed by atoms with Gasteiger partial charge >= 0.3 is 0 Å². The van der Waals surface area contributed by atoms with E-state index in [1.54, 1.807) is 32.1 Å². The molecule has 0 heteroatoms. The van der Waals surface area contributed by atoms with Crippen LogP contribution in [0.3, 0.4) is 0 Å². The molecular formula is C28H56. The fourth-order valence-corrected chi connectivity index (χ4v) is 6.64. The van der Waals surface area contributed by atoms with Crippen LogP contribution in [0.1, 0.15) is 138 Å². The van der Waals surface area contributed by atoms with E-state index in [0.29, 0.717) is 0 Å². The third kappa shape index (κ3) is 9.21. The molecule has 28 heavy (non-hydrogen) atoms. The molecule has 2 fully saturated rings. The van der Waals surface area contributed by atoms with Gasteiger partial charge in [-0.2, -0.15) is 0 Å². The summed E-state index contributed by atoms with van der Waals surface area (Å²) in [7, 11) is 0. The molecule has 0 aliphatic heterocycles. The van der Waals surface area contributed by atoms with Crippen LogP contribution in [0.2, 0.25) is 0 Å². The van der Waals surface area contributed by atoms with Gasteiger partial charge in [-0.05, 0) is 67.1 Å². The van der Waals surface area contributed by atoms with Crippen LogP contribution in [0.5, 0.6) is 0 Å². The Labute approximate surface area is 180 Å². The minimum Gasteiger partial charge on any atom is -0.0654 e. The summed E-state index contributed by atoms with van der Waals surface area (Å²) in [5, 5.41) is 0. The third-order valence-electron chi connectivity index (χ3n) is 8.14. The molecule has 2 aliphatic rings. The second-order valence-corrected chi connectivity index (χ2v) is 10.9. The first-order valence-electron chi connectivity index (χ1n) is 13.5. The molecule has 6 unspecified atom stereocenters. The van der Waals surface area contributed by atoms with Crippen molar-refractivity contribution in [3.63, 3.8) is 0 Å². The largest absolute Gasteiger partial charge is 0.0654 e. The second-order valence-electron chi connectivity index (χ2n) is 10.9. The Morgan fingerprint density at radius 3 is 2.00 bits per heavy atom. The predicted octanol–water partition coefficient (Wildman–Crippen LogP) is 9.91. The average molecular weight is 393 g/mol. The molecule has 0 bridgehead atoms. The fourth-order valence-electron chi connectivity index (χ4n) is 6.64. The molecule has 0 N–H and O–H groups in total. The molecule has 0 nitrogen and oxygen atoms in total. The fraction of sp³-hybridized carbons (Fsp3) is 1.00. The zero-order valence-electron chi connectivity index (χ0n) is 20.9. The first-order chi connectivity index (χ1) is 13.5. The van der Waals surface area contributed by atoms with E-state index in [4.69, 9.17) is 0 Å². The van der Waals surface area contributed by atoms with Gasteiger partial charge in [0.05, 0.1) is 0 Å². The molecular weight excluding hydrogens is 336 g/mol. The predicted molar refractivity (Wildman–Crippen MR) is 129 cm³/mol. The Kier molecular flexibility index (Phi) is 13.9. The van der Waals surface area contributed by atoms with Crippen LogP contribution < -0.4 is 0 Å². The van der Waals surface area contributed by atoms with Crippen LogP contribution in [0.25, 0.3) is 0 Å². The van der Waals surface area contributed by atoms with Crippen LogP contribution in [0.4, 0.5) is 0 Å². The highest BCUT2D eigenvalue weighted by molar-refractivity contribution is 4.87. The van der Waals surface area contributed by atoms with E-state index in [0.717, 1.165) is 41.4 Å². The summed E-state index contributed by atoms with van der Waals surface area (Å²) in [5.74, 6) is 7.21. The number of rotatable bonds is 11. The third-order valence-corrected chi connectivity index (χ3v) is 8.14. The highest BCUT2D eigenvalue weighted by Gasteiger charge is 2.36. The van der Waals surface area contributed by atoms with Crippen molar-refractivity contribution in [1.82, 2.24) is 0 Å². The molecule has 0 aromatic heterocycles. The minimum atomic E-state index is 0.872. The molecule has 0 spiro atoms. The lowest BCUT2D eigenvalue weighted by Crippen LogP contribution is -2.20. The Balaban J connectivity index is 0.000000284. The van der Waals surface area contributed by atoms with Crippen LogP contribution in [-0.2, 0) is 0 Å². The van der Waals surface area contributed by atoms with Crippen molar-refractivity contribution in [1.29, 1.82) is 0 Å². The van der Waals surface area contributed by atoms with Crippen LogP contribution in [0, 0.1) is 41.4 Å². The van der Waals surface area contributed by atoms with E-state index in [2.05, 4.69) is 48.5 Å². The summed E-state index contributed by atoms with van der Waals surface area (Å²) in [6, 6.07) is 0. The Morgan fingerprint density at radius 1 is 0.750 bits per heavy atom. The topological polar surface area (TPSA) is 0 Å². The summed E-state index contributed by atoms with van der Waals surface area (Å²) in [6.45, 7) is 16.5. The Hall–Kier alpha value is 0. The van der Waals surface area contributed by atoms with E-state index >= 15 is 0 Å². The molecule has 0 aromatic carbocycles. The molecule has 2 saturated carbocycles. The monoisotopic (exact) mass is 392 g/mol. The maximum absolute atomic E-state index is 2.46. The van der Waals surface area contributed by atoms with E-state index < -0.39 is 0 Å². The molecule has 2 rings (SSSR count). The van der Waals surface area contributed by atoms with Crippen LogP contribution >= 0.6 is 0 Å². The highest BCUT2D eigenvalue weighted by Crippen LogP contribution is 2.47. The lowest BCUT2D eigenvalue weighted by Gasteiger charge is -2.31. The molecule has 0 aromatic rings. The molecule has 0 radical (unpaired) electrons. The van der Waals surface area contributed by atoms with Gasteiger partial charge in [0.25, 0.3) is 0 Å². The zero-order valence-corrected chi connectivity index (χ0v) is 20.9. The van der Waals surface area contributed by atoms with Crippen LogP contribution in [0.15, 0.2) is 0 Å². The van der Waals surface area contributed by atoms with Gasteiger partial charge in [-0.3, -0.25) is 0 Å². The van der Waals surface area contributed by atoms with E-state index in [1.807, 2.05) is 0 Å². The highest BCUT2D eigenvalue weighted by atomic mass is 14.4. The van der Waals surface area contributed by atoms with Gasteiger partial charge in [-0.15, -0.1) is 0 Å². The summed E-state index contributed by atoms with van der Waals surface area (Å²) in [5.41, 5.74) is 0. The van der Waals surface area contributed by atoms with Crippen molar-refractivity contribution in [3.05, 3.63) is 0 Å². The van der Waals surface area contributed by atoms with Crippen molar-refractivity contribution in [2.24, 2.45) is 41.4 Å². The van der Waals surface area contributed by atoms with Gasteiger partial charge in [0.1, 0.15) is 0 Å². The number of fused-ring (bicyclic) bond motifs is 1. The quantitative estimate of drug-likeness (QED) is 0.307. The molecule has 0 amide bonds. The normalized spacial score (nSPS) is 29.1. The van der Waals surface area contributed by atoms with Crippen molar-refractivity contribution in [3.8, 4) is 0 Å². The van der Waals surface area contributed by atoms with E-state index in [-0.39, 0.29) is 0 Å². The number of hydrogen-bond donors (Lipinski definition) is 0. The maximum Gasteiger partial charge on any atom is -0.0363 e. The van der Waals surface area contributed by atoms with Gasteiger partial charge in [-0.25, -0.2) is 0 Å². The first-order valence-corrected chi connectivity index (χ1v) is 13.5. The van der Waals surface area contributed by atoms with Gasteiger partial charge in [0.15, 0.2) is 0 Å². The summed E-state index contributed by atoms with van der Waals surface area (Å²) < 4.78 is 0. The van der Waals surface area contributed by atoms with E-state index in [9.17, 15) is 0 Å². The second kappa shape index (κ2) is 14.9. The summed E-state index contributed by atoms with van der Waals surface area (Å²) in [4.78, 5) is 0. The lowest BCUT2D eigenvalue weighted by molar-refractivity contribution is 0.197. The van der Waals surface area contributed by atoms with Crippen LogP contribution in [-0.4, -0.2) is 0 Å². The smallest absolute Gasteiger partial charge is 0.0363 e. The maximum atomic E-state index is 2.46. The van der Waals surface area contributed by atoms with Gasteiger partial charge < -0.3 is 0 Å². The van der Waals surface area contributed by atoms with Crippen molar-refractivity contribution in [2.45, 2.75) is 138 Å². The number of hydrogen-bond acceptors (Lipinski definition) is 0. The molecule has 2 aliphatic carbocycles. The van der Waals surface area contributed by atoms with E-state index in [1.165, 1.54) is 57.8 Å². The molecule has 0 heterocycles. The lowest BCUT2D eigenvalue weighted by atomic mass is 9.74. The Morgan fingerprint density at radius 2 is 1.43 bits per heavy atom. The first kappa shape index (κ1) is 26.0. The standard InChI is InChI=1S/C15H28.C13H28/c1-3-4-5-6-13-7-8-14-9-12(2)10-15(14)11-13;1-6-9-12(8-3)13(10-7-2)11(4)5/h12-15H,3-11H2,1-2H3;11-13H,6-10H2,1-5H3. The van der Waals surface area contributed by atoms with Crippen molar-refractivity contribution < 1.29 is 0 Å². The van der Waals surface area contributed by atoms with Crippen molar-refractivity contribution >= 4 is 0 Å². The minimum absolute atomic E-state index is 0.872. The summed E-state index contributed by atoms with van der Waals surface area (Å²) in [6.07, 6.45) is 20.6. The zero-order chi connectivity index (χ0) is 20.9.